The van der Waals surface area contributed by atoms with Gasteiger partial charge >= 0.3 is 6.03 Å². The molecule has 0 aromatic rings. The predicted octanol–water partition coefficient (Wildman–Crippen LogP) is 1.90. The monoisotopic (exact) mass is 216 g/mol. The highest BCUT2D eigenvalue weighted by Crippen LogP contribution is 1.89. The molecule has 0 rings (SSSR count). The van der Waals surface area contributed by atoms with E-state index in [2.05, 4.69) is 17.6 Å². The molecule has 0 aliphatic rings. The smallest absolute Gasteiger partial charge is 0.314 e. The molecule has 0 aromatic heterocycles. The summed E-state index contributed by atoms with van der Waals surface area (Å²) in [6.07, 6.45) is 3.26. The molecule has 4 heteroatoms. The average Bonchev–Trinajstić information content (AvgIpc) is 2.17. The molecular formula is C11H24N2O2. The second-order valence-electron chi connectivity index (χ2n) is 3.81. The predicted molar refractivity (Wildman–Crippen MR) is 62.0 cm³/mol. The second kappa shape index (κ2) is 9.77. The van der Waals surface area contributed by atoms with Crippen LogP contribution in [0.1, 0.15) is 40.0 Å². The van der Waals surface area contributed by atoms with Crippen molar-refractivity contribution in [1.29, 1.82) is 0 Å². The van der Waals surface area contributed by atoms with Crippen LogP contribution in [0.5, 0.6) is 0 Å². The zero-order valence-corrected chi connectivity index (χ0v) is 10.1. The molecule has 0 radical (unpaired) electrons. The normalized spacial score (nSPS) is 10.4. The van der Waals surface area contributed by atoms with Crippen molar-refractivity contribution in [1.82, 2.24) is 10.6 Å². The van der Waals surface area contributed by atoms with E-state index >= 15 is 0 Å². The molecule has 0 bridgehead atoms. The molecule has 4 nitrogen and oxygen atoms in total. The van der Waals surface area contributed by atoms with Gasteiger partial charge in [-0.3, -0.25) is 0 Å². The lowest BCUT2D eigenvalue weighted by molar-refractivity contribution is 0.0774. The average molecular weight is 216 g/mol. The van der Waals surface area contributed by atoms with Gasteiger partial charge in [0.05, 0.1) is 6.10 Å². The first-order chi connectivity index (χ1) is 7.16. The maximum atomic E-state index is 11.2. The molecule has 0 aliphatic heterocycles. The fraction of sp³-hybridized carbons (Fsp3) is 0.909. The number of amides is 2. The lowest BCUT2D eigenvalue weighted by Gasteiger charge is -2.09. The Kier molecular flexibility index (Phi) is 9.27. The van der Waals surface area contributed by atoms with Gasteiger partial charge in [-0.1, -0.05) is 13.3 Å². The highest BCUT2D eigenvalue weighted by Gasteiger charge is 1.98. The van der Waals surface area contributed by atoms with Crippen molar-refractivity contribution in [3.63, 3.8) is 0 Å². The minimum atomic E-state index is -0.0759. The molecule has 0 fully saturated rings. The summed E-state index contributed by atoms with van der Waals surface area (Å²) in [4.78, 5) is 11.2. The number of carbonyl (C=O) groups is 1. The number of nitrogens with one attached hydrogen (secondary N) is 2. The molecule has 0 atom stereocenters. The first-order valence-electron chi connectivity index (χ1n) is 5.80. The van der Waals surface area contributed by atoms with Gasteiger partial charge in [0.25, 0.3) is 0 Å². The van der Waals surface area contributed by atoms with E-state index < -0.39 is 0 Å². The summed E-state index contributed by atoms with van der Waals surface area (Å²) in [6, 6.07) is -0.0759. The maximum Gasteiger partial charge on any atom is 0.314 e. The summed E-state index contributed by atoms with van der Waals surface area (Å²) in [7, 11) is 0. The van der Waals surface area contributed by atoms with Crippen molar-refractivity contribution in [3.8, 4) is 0 Å². The van der Waals surface area contributed by atoms with Gasteiger partial charge in [0.1, 0.15) is 0 Å². The summed E-state index contributed by atoms with van der Waals surface area (Å²) >= 11 is 0. The number of hydrogen-bond donors (Lipinski definition) is 2. The lowest BCUT2D eigenvalue weighted by Crippen LogP contribution is -2.36. The van der Waals surface area contributed by atoms with Gasteiger partial charge < -0.3 is 15.4 Å². The Morgan fingerprint density at radius 3 is 2.33 bits per heavy atom. The Hall–Kier alpha value is -0.770. The van der Waals surface area contributed by atoms with E-state index in [1.54, 1.807) is 0 Å². The summed E-state index contributed by atoms with van der Waals surface area (Å²) in [5, 5.41) is 5.58. The van der Waals surface area contributed by atoms with Crippen molar-refractivity contribution < 1.29 is 9.53 Å². The van der Waals surface area contributed by atoms with Crippen molar-refractivity contribution >= 4 is 6.03 Å². The lowest BCUT2D eigenvalue weighted by atomic mass is 10.3. The molecule has 0 heterocycles. The van der Waals surface area contributed by atoms with Gasteiger partial charge in [0.2, 0.25) is 0 Å². The quantitative estimate of drug-likeness (QED) is 0.609. The molecule has 0 saturated carbocycles. The van der Waals surface area contributed by atoms with Crippen molar-refractivity contribution in [2.75, 3.05) is 19.7 Å². The van der Waals surface area contributed by atoms with Gasteiger partial charge in [-0.15, -0.1) is 0 Å². The van der Waals surface area contributed by atoms with E-state index in [1.807, 2.05) is 13.8 Å². The van der Waals surface area contributed by atoms with E-state index in [1.165, 1.54) is 0 Å². The van der Waals surface area contributed by atoms with Gasteiger partial charge in [-0.05, 0) is 26.7 Å². The Morgan fingerprint density at radius 2 is 1.80 bits per heavy atom. The summed E-state index contributed by atoms with van der Waals surface area (Å²) in [6.45, 7) is 8.24. The van der Waals surface area contributed by atoms with Crippen LogP contribution in [0.2, 0.25) is 0 Å². The van der Waals surface area contributed by atoms with Crippen LogP contribution in [-0.4, -0.2) is 31.8 Å². The van der Waals surface area contributed by atoms with Crippen LogP contribution in [0.3, 0.4) is 0 Å². The largest absolute Gasteiger partial charge is 0.379 e. The SMILES string of the molecule is CCCCNC(=O)NCCCOC(C)C. The van der Waals surface area contributed by atoms with Gasteiger partial charge in [0.15, 0.2) is 0 Å². The Morgan fingerprint density at radius 1 is 1.20 bits per heavy atom. The number of rotatable bonds is 8. The van der Waals surface area contributed by atoms with E-state index in [4.69, 9.17) is 4.74 Å². The van der Waals surface area contributed by atoms with Crippen LogP contribution >= 0.6 is 0 Å². The Bertz CT molecular complexity index is 161. The molecule has 0 unspecified atom stereocenters. The highest BCUT2D eigenvalue weighted by atomic mass is 16.5. The highest BCUT2D eigenvalue weighted by molar-refractivity contribution is 5.73. The zero-order valence-electron chi connectivity index (χ0n) is 10.1. The van der Waals surface area contributed by atoms with Gasteiger partial charge in [0, 0.05) is 19.7 Å². The van der Waals surface area contributed by atoms with Crippen LogP contribution < -0.4 is 10.6 Å². The maximum absolute atomic E-state index is 11.2. The Balaban J connectivity index is 3.17. The van der Waals surface area contributed by atoms with E-state index in [9.17, 15) is 4.79 Å². The fourth-order valence-corrected chi connectivity index (χ4v) is 1.03. The third kappa shape index (κ3) is 11.2. The Labute approximate surface area is 92.8 Å². The minimum Gasteiger partial charge on any atom is -0.379 e. The van der Waals surface area contributed by atoms with Crippen LogP contribution in [0.15, 0.2) is 0 Å². The molecule has 2 amide bonds. The fourth-order valence-electron chi connectivity index (χ4n) is 1.03. The summed E-state index contributed by atoms with van der Waals surface area (Å²) in [5.41, 5.74) is 0. The van der Waals surface area contributed by atoms with Gasteiger partial charge in [-0.25, -0.2) is 4.79 Å². The second-order valence-corrected chi connectivity index (χ2v) is 3.81. The molecule has 0 aromatic carbocycles. The number of urea groups is 1. The molecule has 0 spiro atoms. The van der Waals surface area contributed by atoms with Crippen LogP contribution in [0.25, 0.3) is 0 Å². The molecular weight excluding hydrogens is 192 g/mol. The number of unbranched alkanes of at least 4 members (excludes halogenated alkanes) is 1. The van der Waals surface area contributed by atoms with Crippen LogP contribution in [-0.2, 0) is 4.74 Å². The van der Waals surface area contributed by atoms with Crippen molar-refractivity contribution in [2.24, 2.45) is 0 Å². The summed E-state index contributed by atoms with van der Waals surface area (Å²) in [5.74, 6) is 0. The zero-order chi connectivity index (χ0) is 11.5. The van der Waals surface area contributed by atoms with Crippen molar-refractivity contribution in [3.05, 3.63) is 0 Å². The molecule has 90 valence electrons. The third-order valence-corrected chi connectivity index (χ3v) is 1.87. The van der Waals surface area contributed by atoms with E-state index in [0.717, 1.165) is 25.8 Å². The first kappa shape index (κ1) is 14.2. The van der Waals surface area contributed by atoms with Crippen molar-refractivity contribution in [2.45, 2.75) is 46.1 Å². The summed E-state index contributed by atoms with van der Waals surface area (Å²) < 4.78 is 5.35. The first-order valence-corrected chi connectivity index (χ1v) is 5.80. The molecule has 15 heavy (non-hydrogen) atoms. The number of carbonyl (C=O) groups excluding carboxylic acids is 1. The number of hydrogen-bond acceptors (Lipinski definition) is 2. The van der Waals surface area contributed by atoms with E-state index in [0.29, 0.717) is 13.2 Å². The molecule has 0 saturated heterocycles. The molecule has 0 aliphatic carbocycles. The minimum absolute atomic E-state index is 0.0759. The standard InChI is InChI=1S/C11H24N2O2/c1-4-5-7-12-11(14)13-8-6-9-15-10(2)3/h10H,4-9H2,1-3H3,(H2,12,13,14). The van der Waals surface area contributed by atoms with Gasteiger partial charge in [-0.2, -0.15) is 0 Å². The van der Waals surface area contributed by atoms with Crippen LogP contribution in [0, 0.1) is 0 Å². The van der Waals surface area contributed by atoms with Crippen LogP contribution in [0.4, 0.5) is 4.79 Å². The topological polar surface area (TPSA) is 50.4 Å². The number of ether oxygens (including phenoxy) is 1. The van der Waals surface area contributed by atoms with E-state index in [-0.39, 0.29) is 12.1 Å². The third-order valence-electron chi connectivity index (χ3n) is 1.87. The molecule has 2 N–H and O–H groups in total.